The van der Waals surface area contributed by atoms with Gasteiger partial charge in [-0.2, -0.15) is 0 Å². The first-order valence-electron chi connectivity index (χ1n) is 7.00. The number of amides is 2. The zero-order valence-corrected chi connectivity index (χ0v) is 12.0. The van der Waals surface area contributed by atoms with Gasteiger partial charge in [-0.15, -0.1) is 6.42 Å². The molecule has 0 saturated carbocycles. The van der Waals surface area contributed by atoms with Crippen molar-refractivity contribution in [3.63, 3.8) is 0 Å². The number of piperazine rings is 1. The van der Waals surface area contributed by atoms with E-state index < -0.39 is 5.97 Å². The van der Waals surface area contributed by atoms with Crippen molar-refractivity contribution < 1.29 is 14.7 Å². The Morgan fingerprint density at radius 3 is 2.45 bits per heavy atom. The Labute approximate surface area is 120 Å². The maximum atomic E-state index is 12.3. The molecule has 6 nitrogen and oxygen atoms in total. The number of nitrogens with zero attached hydrogens (tertiary/aromatic N) is 3. The van der Waals surface area contributed by atoms with Gasteiger partial charge in [0.15, 0.2) is 0 Å². The number of carboxylic acid groups (broad SMARTS) is 1. The minimum absolute atomic E-state index is 0.0114. The number of hydrogen-bond donors (Lipinski definition) is 1. The second-order valence-corrected chi connectivity index (χ2v) is 4.88. The van der Waals surface area contributed by atoms with Crippen molar-refractivity contribution >= 4 is 12.0 Å². The van der Waals surface area contributed by atoms with Gasteiger partial charge in [0.05, 0.1) is 13.0 Å². The van der Waals surface area contributed by atoms with Gasteiger partial charge in [-0.05, 0) is 6.42 Å². The number of rotatable bonds is 6. The van der Waals surface area contributed by atoms with Crippen molar-refractivity contribution in [2.75, 3.05) is 45.8 Å². The second-order valence-electron chi connectivity index (χ2n) is 4.88. The summed E-state index contributed by atoms with van der Waals surface area (Å²) in [6.45, 7) is 6.26. The normalized spacial score (nSPS) is 15.7. The van der Waals surface area contributed by atoms with Crippen molar-refractivity contribution in [1.29, 1.82) is 0 Å². The van der Waals surface area contributed by atoms with Crippen molar-refractivity contribution in [3.8, 4) is 12.3 Å². The topological polar surface area (TPSA) is 64.1 Å². The van der Waals surface area contributed by atoms with Gasteiger partial charge in [-0.25, -0.2) is 4.79 Å². The first-order valence-corrected chi connectivity index (χ1v) is 7.00. The minimum Gasteiger partial charge on any atom is -0.481 e. The van der Waals surface area contributed by atoms with Crippen LogP contribution in [0, 0.1) is 12.3 Å². The Morgan fingerprint density at radius 1 is 1.30 bits per heavy atom. The van der Waals surface area contributed by atoms with Crippen LogP contribution >= 0.6 is 0 Å². The van der Waals surface area contributed by atoms with Crippen molar-refractivity contribution in [1.82, 2.24) is 14.7 Å². The number of urea groups is 1. The van der Waals surface area contributed by atoms with Crippen molar-refractivity contribution in [3.05, 3.63) is 0 Å². The molecule has 0 bridgehead atoms. The molecule has 0 spiro atoms. The fraction of sp³-hybridized carbons (Fsp3) is 0.714. The lowest BCUT2D eigenvalue weighted by atomic mass is 10.3. The highest BCUT2D eigenvalue weighted by Crippen LogP contribution is 2.07. The highest BCUT2D eigenvalue weighted by molar-refractivity contribution is 5.75. The summed E-state index contributed by atoms with van der Waals surface area (Å²) in [7, 11) is 0. The average molecular weight is 281 g/mol. The van der Waals surface area contributed by atoms with E-state index in [0.717, 1.165) is 19.5 Å². The van der Waals surface area contributed by atoms with E-state index in [9.17, 15) is 9.59 Å². The maximum Gasteiger partial charge on any atom is 0.320 e. The summed E-state index contributed by atoms with van der Waals surface area (Å²) in [6, 6.07) is -0.0114. The molecule has 112 valence electrons. The van der Waals surface area contributed by atoms with Gasteiger partial charge in [0.2, 0.25) is 0 Å². The van der Waals surface area contributed by atoms with E-state index in [0.29, 0.717) is 32.7 Å². The molecule has 1 rings (SSSR count). The smallest absolute Gasteiger partial charge is 0.320 e. The lowest BCUT2D eigenvalue weighted by Gasteiger charge is -2.37. The predicted octanol–water partition coefficient (Wildman–Crippen LogP) is 0.544. The molecule has 20 heavy (non-hydrogen) atoms. The quantitative estimate of drug-likeness (QED) is 0.722. The molecule has 0 aromatic rings. The Hall–Kier alpha value is -1.74. The molecule has 6 heteroatoms. The van der Waals surface area contributed by atoms with Crippen LogP contribution < -0.4 is 0 Å². The van der Waals surface area contributed by atoms with Crippen LogP contribution in [0.25, 0.3) is 0 Å². The molecule has 1 aliphatic heterocycles. The van der Waals surface area contributed by atoms with Crippen LogP contribution in [-0.2, 0) is 4.79 Å². The second kappa shape index (κ2) is 8.43. The monoisotopic (exact) mass is 281 g/mol. The van der Waals surface area contributed by atoms with Crippen LogP contribution in [-0.4, -0.2) is 77.6 Å². The van der Waals surface area contributed by atoms with Crippen LogP contribution in [0.3, 0.4) is 0 Å². The first-order chi connectivity index (χ1) is 9.58. The van der Waals surface area contributed by atoms with Gasteiger partial charge in [-0.3, -0.25) is 9.69 Å². The molecule has 0 aromatic heterocycles. The number of hydrogen-bond acceptors (Lipinski definition) is 3. The summed E-state index contributed by atoms with van der Waals surface area (Å²) < 4.78 is 0. The molecule has 1 fully saturated rings. The molecule has 1 aliphatic rings. The van der Waals surface area contributed by atoms with Gasteiger partial charge < -0.3 is 14.9 Å². The van der Waals surface area contributed by atoms with E-state index in [4.69, 9.17) is 11.5 Å². The van der Waals surface area contributed by atoms with Gasteiger partial charge in [-0.1, -0.05) is 12.8 Å². The highest BCUT2D eigenvalue weighted by Gasteiger charge is 2.24. The lowest BCUT2D eigenvalue weighted by molar-refractivity contribution is -0.137. The Balaban J connectivity index is 2.41. The summed E-state index contributed by atoms with van der Waals surface area (Å²) in [5, 5.41) is 8.66. The highest BCUT2D eigenvalue weighted by atomic mass is 16.4. The van der Waals surface area contributed by atoms with Crippen molar-refractivity contribution in [2.24, 2.45) is 0 Å². The molecular formula is C14H23N3O3. The number of carbonyl (C=O) groups excluding carboxylic acids is 1. The molecule has 2 amide bonds. The zero-order valence-electron chi connectivity index (χ0n) is 12.0. The van der Waals surface area contributed by atoms with Gasteiger partial charge in [0.1, 0.15) is 0 Å². The summed E-state index contributed by atoms with van der Waals surface area (Å²) in [5.41, 5.74) is 0. The lowest BCUT2D eigenvalue weighted by Crippen LogP contribution is -2.53. The molecule has 0 atom stereocenters. The zero-order chi connectivity index (χ0) is 15.0. The average Bonchev–Trinajstić information content (AvgIpc) is 2.44. The molecule has 0 unspecified atom stereocenters. The van der Waals surface area contributed by atoms with Gasteiger partial charge in [0, 0.05) is 39.3 Å². The Kier molecular flexibility index (Phi) is 6.88. The van der Waals surface area contributed by atoms with Crippen LogP contribution in [0.15, 0.2) is 0 Å². The largest absolute Gasteiger partial charge is 0.481 e. The fourth-order valence-electron chi connectivity index (χ4n) is 2.24. The molecule has 0 aliphatic carbocycles. The van der Waals surface area contributed by atoms with Crippen LogP contribution in [0.1, 0.15) is 19.8 Å². The number of carbonyl (C=O) groups is 2. The number of aliphatic carboxylic acids is 1. The van der Waals surface area contributed by atoms with Crippen LogP contribution in [0.2, 0.25) is 0 Å². The summed E-state index contributed by atoms with van der Waals surface area (Å²) in [4.78, 5) is 28.4. The van der Waals surface area contributed by atoms with Gasteiger partial charge >= 0.3 is 12.0 Å². The number of terminal acetylenes is 1. The first kappa shape index (κ1) is 16.3. The summed E-state index contributed by atoms with van der Waals surface area (Å²) in [6.07, 6.45) is 6.32. The van der Waals surface area contributed by atoms with Crippen molar-refractivity contribution in [2.45, 2.75) is 19.8 Å². The fourth-order valence-corrected chi connectivity index (χ4v) is 2.24. The summed E-state index contributed by atoms with van der Waals surface area (Å²) in [5.74, 6) is 1.73. The molecule has 1 N–H and O–H groups in total. The number of carboxylic acids is 1. The van der Waals surface area contributed by atoms with E-state index in [1.165, 1.54) is 0 Å². The SMILES string of the molecule is C#CCN(CCC)C(=O)N1CCN(CCC(=O)O)CC1. The Morgan fingerprint density at radius 2 is 1.95 bits per heavy atom. The minimum atomic E-state index is -0.786. The van der Waals surface area contributed by atoms with Crippen LogP contribution in [0.5, 0.6) is 0 Å². The van der Waals surface area contributed by atoms with Crippen LogP contribution in [0.4, 0.5) is 4.79 Å². The van der Waals surface area contributed by atoms with E-state index in [2.05, 4.69) is 10.8 Å². The van der Waals surface area contributed by atoms with E-state index in [1.54, 1.807) is 9.80 Å². The third-order valence-electron chi connectivity index (χ3n) is 3.33. The maximum absolute atomic E-state index is 12.3. The molecule has 0 radical (unpaired) electrons. The van der Waals surface area contributed by atoms with E-state index in [1.807, 2.05) is 6.92 Å². The van der Waals surface area contributed by atoms with E-state index >= 15 is 0 Å². The predicted molar refractivity (Wildman–Crippen MR) is 76.4 cm³/mol. The third-order valence-corrected chi connectivity index (χ3v) is 3.33. The third kappa shape index (κ3) is 5.10. The molecule has 1 heterocycles. The standard InChI is InChI=1S/C14H23N3O3/c1-3-6-16(7-4-2)14(20)17-11-9-15(10-12-17)8-5-13(18)19/h1H,4-12H2,2H3,(H,18,19). The molecule has 0 aromatic carbocycles. The van der Waals surface area contributed by atoms with E-state index in [-0.39, 0.29) is 12.5 Å². The molecular weight excluding hydrogens is 258 g/mol. The summed E-state index contributed by atoms with van der Waals surface area (Å²) >= 11 is 0. The Bertz CT molecular complexity index is 370. The molecule has 1 saturated heterocycles. The van der Waals surface area contributed by atoms with Gasteiger partial charge in [0.25, 0.3) is 0 Å².